The van der Waals surface area contributed by atoms with E-state index in [1.54, 1.807) is 63.2 Å². The first kappa shape index (κ1) is 19.8. The molecule has 0 radical (unpaired) electrons. The van der Waals surface area contributed by atoms with Crippen LogP contribution in [0.4, 0.5) is 26.7 Å². The van der Waals surface area contributed by atoms with Crippen LogP contribution < -0.4 is 21.7 Å². The topological polar surface area (TPSA) is 123 Å². The van der Waals surface area contributed by atoms with E-state index in [9.17, 15) is 14.4 Å². The molecule has 0 saturated carbocycles. The maximum Gasteiger partial charge on any atom is 0.412 e. The van der Waals surface area contributed by atoms with Crippen molar-refractivity contribution in [3.05, 3.63) is 54.1 Å². The predicted molar refractivity (Wildman–Crippen MR) is 104 cm³/mol. The van der Waals surface area contributed by atoms with Crippen molar-refractivity contribution in [2.75, 3.05) is 16.0 Å². The van der Waals surface area contributed by atoms with Crippen molar-refractivity contribution in [3.8, 4) is 0 Å². The van der Waals surface area contributed by atoms with E-state index in [1.165, 1.54) is 6.07 Å². The normalized spacial score (nSPS) is 10.6. The van der Waals surface area contributed by atoms with Gasteiger partial charge in [-0.25, -0.2) is 9.59 Å². The summed E-state index contributed by atoms with van der Waals surface area (Å²) in [4.78, 5) is 35.2. The number of carbonyl (C=O) groups is 3. The van der Waals surface area contributed by atoms with Gasteiger partial charge in [-0.2, -0.15) is 0 Å². The van der Waals surface area contributed by atoms with Gasteiger partial charge in [0, 0.05) is 22.6 Å². The van der Waals surface area contributed by atoms with E-state index in [2.05, 4.69) is 16.0 Å². The molecule has 0 fully saturated rings. The minimum absolute atomic E-state index is 0.344. The molecular weight excluding hydrogens is 348 g/mol. The molecule has 8 nitrogen and oxygen atoms in total. The maximum atomic E-state index is 12.4. The standard InChI is InChI=1S/C19H22N4O4/c1-19(2,3)27-18(26)23-13-7-4-6-12(10-13)16(24)21-14-8-5-9-15(11-14)22-17(20)25/h4-11H,1-3H3,(H,21,24)(H,23,26)(H3,20,22,25). The van der Waals surface area contributed by atoms with Crippen molar-refractivity contribution in [2.24, 2.45) is 5.73 Å². The molecule has 0 aliphatic carbocycles. The lowest BCUT2D eigenvalue weighted by atomic mass is 10.1. The summed E-state index contributed by atoms with van der Waals surface area (Å²) in [6.07, 6.45) is -0.606. The van der Waals surface area contributed by atoms with Crippen LogP contribution in [0.15, 0.2) is 48.5 Å². The zero-order valence-electron chi connectivity index (χ0n) is 15.3. The maximum absolute atomic E-state index is 12.4. The molecule has 142 valence electrons. The lowest BCUT2D eigenvalue weighted by Crippen LogP contribution is -2.27. The Morgan fingerprint density at radius 3 is 2.00 bits per heavy atom. The average molecular weight is 370 g/mol. The summed E-state index contributed by atoms with van der Waals surface area (Å²) in [5.74, 6) is -0.376. The molecule has 0 aromatic heterocycles. The molecule has 0 aliphatic heterocycles. The van der Waals surface area contributed by atoms with Gasteiger partial charge in [0.2, 0.25) is 0 Å². The number of nitrogens with one attached hydrogen (secondary N) is 3. The van der Waals surface area contributed by atoms with Gasteiger partial charge in [0.1, 0.15) is 5.60 Å². The zero-order valence-corrected chi connectivity index (χ0v) is 15.3. The second kappa shape index (κ2) is 8.22. The number of hydrogen-bond acceptors (Lipinski definition) is 4. The van der Waals surface area contributed by atoms with Gasteiger partial charge in [-0.1, -0.05) is 12.1 Å². The summed E-state index contributed by atoms with van der Waals surface area (Å²) in [7, 11) is 0. The van der Waals surface area contributed by atoms with Gasteiger partial charge in [0.25, 0.3) is 5.91 Å². The van der Waals surface area contributed by atoms with Crippen LogP contribution in [-0.2, 0) is 4.74 Å². The number of nitrogens with two attached hydrogens (primary N) is 1. The third-order valence-electron chi connectivity index (χ3n) is 3.16. The van der Waals surface area contributed by atoms with E-state index in [0.717, 1.165) is 0 Å². The number of urea groups is 1. The highest BCUT2D eigenvalue weighted by molar-refractivity contribution is 6.05. The first-order valence-electron chi connectivity index (χ1n) is 8.20. The van der Waals surface area contributed by atoms with Crippen LogP contribution >= 0.6 is 0 Å². The number of carbonyl (C=O) groups excluding carboxylic acids is 3. The second-order valence-electron chi connectivity index (χ2n) is 6.73. The largest absolute Gasteiger partial charge is 0.444 e. The Bertz CT molecular complexity index is 859. The zero-order chi connectivity index (χ0) is 20.0. The van der Waals surface area contributed by atoms with E-state index in [1.807, 2.05) is 0 Å². The summed E-state index contributed by atoms with van der Waals surface area (Å²) in [5, 5.41) is 7.73. The lowest BCUT2D eigenvalue weighted by Gasteiger charge is -2.19. The van der Waals surface area contributed by atoms with Gasteiger partial charge in [-0.3, -0.25) is 10.1 Å². The highest BCUT2D eigenvalue weighted by Gasteiger charge is 2.16. The smallest absolute Gasteiger partial charge is 0.412 e. The Morgan fingerprint density at radius 1 is 0.852 bits per heavy atom. The number of hydrogen-bond donors (Lipinski definition) is 4. The molecule has 0 saturated heterocycles. The average Bonchev–Trinajstić information content (AvgIpc) is 2.53. The van der Waals surface area contributed by atoms with E-state index < -0.39 is 17.7 Å². The van der Waals surface area contributed by atoms with Gasteiger partial charge in [0.15, 0.2) is 0 Å². The van der Waals surface area contributed by atoms with Gasteiger partial charge in [0.05, 0.1) is 0 Å². The van der Waals surface area contributed by atoms with Gasteiger partial charge in [-0.05, 0) is 57.2 Å². The summed E-state index contributed by atoms with van der Waals surface area (Å²) in [5.41, 5.74) is 6.18. The van der Waals surface area contributed by atoms with E-state index in [4.69, 9.17) is 10.5 Å². The van der Waals surface area contributed by atoms with Crippen molar-refractivity contribution in [1.82, 2.24) is 0 Å². The van der Waals surface area contributed by atoms with Crippen molar-refractivity contribution < 1.29 is 19.1 Å². The van der Waals surface area contributed by atoms with Crippen molar-refractivity contribution in [1.29, 1.82) is 0 Å². The molecule has 5 N–H and O–H groups in total. The molecule has 0 bridgehead atoms. The number of amides is 4. The fourth-order valence-electron chi connectivity index (χ4n) is 2.18. The Morgan fingerprint density at radius 2 is 1.41 bits per heavy atom. The molecule has 0 spiro atoms. The van der Waals surface area contributed by atoms with Gasteiger partial charge >= 0.3 is 12.1 Å². The van der Waals surface area contributed by atoms with Crippen LogP contribution in [0.2, 0.25) is 0 Å². The van der Waals surface area contributed by atoms with E-state index in [-0.39, 0.29) is 5.91 Å². The third-order valence-corrected chi connectivity index (χ3v) is 3.16. The first-order valence-corrected chi connectivity index (χ1v) is 8.20. The number of primary amides is 1. The molecule has 27 heavy (non-hydrogen) atoms. The molecule has 4 amide bonds. The Kier molecular flexibility index (Phi) is 6.02. The van der Waals surface area contributed by atoms with E-state index >= 15 is 0 Å². The fraction of sp³-hybridized carbons (Fsp3) is 0.211. The quantitative estimate of drug-likeness (QED) is 0.654. The summed E-state index contributed by atoms with van der Waals surface area (Å²) in [6, 6.07) is 12.3. The van der Waals surface area contributed by atoms with Crippen LogP contribution in [-0.4, -0.2) is 23.6 Å². The minimum Gasteiger partial charge on any atom is -0.444 e. The molecule has 0 heterocycles. The molecule has 0 aliphatic rings. The van der Waals surface area contributed by atoms with Crippen LogP contribution in [0.3, 0.4) is 0 Å². The molecule has 8 heteroatoms. The molecule has 2 rings (SSSR count). The molecule has 2 aromatic carbocycles. The van der Waals surface area contributed by atoms with Crippen LogP contribution in [0, 0.1) is 0 Å². The van der Waals surface area contributed by atoms with Gasteiger partial charge < -0.3 is 21.1 Å². The van der Waals surface area contributed by atoms with Gasteiger partial charge in [-0.15, -0.1) is 0 Å². The summed E-state index contributed by atoms with van der Waals surface area (Å²) < 4.78 is 5.19. The van der Waals surface area contributed by atoms with E-state index in [0.29, 0.717) is 22.6 Å². The molecule has 2 aromatic rings. The number of rotatable bonds is 4. The second-order valence-corrected chi connectivity index (χ2v) is 6.73. The minimum atomic E-state index is -0.695. The molecule has 0 atom stereocenters. The van der Waals surface area contributed by atoms with Crippen LogP contribution in [0.1, 0.15) is 31.1 Å². The SMILES string of the molecule is CC(C)(C)OC(=O)Nc1cccc(C(=O)Nc2cccc(NC(N)=O)c2)c1. The Balaban J connectivity index is 2.07. The number of benzene rings is 2. The Hall–Kier alpha value is -3.55. The third kappa shape index (κ3) is 6.69. The number of anilines is 3. The number of ether oxygens (including phenoxy) is 1. The highest BCUT2D eigenvalue weighted by Crippen LogP contribution is 2.18. The summed E-state index contributed by atoms with van der Waals surface area (Å²) >= 11 is 0. The summed E-state index contributed by atoms with van der Waals surface area (Å²) in [6.45, 7) is 5.28. The first-order chi connectivity index (χ1) is 12.6. The Labute approximate surface area is 157 Å². The molecule has 0 unspecified atom stereocenters. The lowest BCUT2D eigenvalue weighted by molar-refractivity contribution is 0.0635. The van der Waals surface area contributed by atoms with Crippen LogP contribution in [0.25, 0.3) is 0 Å². The fourth-order valence-corrected chi connectivity index (χ4v) is 2.18. The van der Waals surface area contributed by atoms with Crippen molar-refractivity contribution >= 4 is 35.1 Å². The predicted octanol–water partition coefficient (Wildman–Crippen LogP) is 3.78. The molecular formula is C19H22N4O4. The van der Waals surface area contributed by atoms with Crippen molar-refractivity contribution in [2.45, 2.75) is 26.4 Å². The monoisotopic (exact) mass is 370 g/mol. The van der Waals surface area contributed by atoms with Crippen LogP contribution in [0.5, 0.6) is 0 Å². The highest BCUT2D eigenvalue weighted by atomic mass is 16.6. The van der Waals surface area contributed by atoms with Crippen molar-refractivity contribution in [3.63, 3.8) is 0 Å².